The molecule has 0 radical (unpaired) electrons. The summed E-state index contributed by atoms with van der Waals surface area (Å²) >= 11 is 7.96. The van der Waals surface area contributed by atoms with Crippen LogP contribution in [0.25, 0.3) is 0 Å². The minimum Gasteiger partial charge on any atom is -0.396 e. The lowest BCUT2D eigenvalue weighted by atomic mass is 10.0. The number of hydrogen-bond donors (Lipinski definition) is 2. The van der Waals surface area contributed by atoms with Gasteiger partial charge in [-0.1, -0.05) is 11.6 Å². The van der Waals surface area contributed by atoms with Crippen LogP contribution in [-0.2, 0) is 0 Å². The molecule has 2 nitrogen and oxygen atoms in total. The van der Waals surface area contributed by atoms with Gasteiger partial charge >= 0.3 is 0 Å². The number of fused-ring (bicyclic) bond motifs is 1. The van der Waals surface area contributed by atoms with Crippen molar-refractivity contribution in [2.45, 2.75) is 36.7 Å². The first-order valence-corrected chi connectivity index (χ1v) is 7.36. The molecule has 1 aliphatic rings. The first kappa shape index (κ1) is 13.2. The van der Waals surface area contributed by atoms with E-state index in [1.807, 2.05) is 17.8 Å². The summed E-state index contributed by atoms with van der Waals surface area (Å²) in [5.41, 5.74) is 1.30. The summed E-state index contributed by atoms with van der Waals surface area (Å²) in [6.07, 6.45) is 1.91. The maximum Gasteiger partial charge on any atom is 0.0445 e. The van der Waals surface area contributed by atoms with E-state index in [9.17, 15) is 0 Å². The molecule has 0 fully saturated rings. The van der Waals surface area contributed by atoms with Gasteiger partial charge in [0.15, 0.2) is 0 Å². The largest absolute Gasteiger partial charge is 0.396 e. The first-order chi connectivity index (χ1) is 8.20. The zero-order chi connectivity index (χ0) is 12.3. The molecular formula is C13H18ClNOS. The van der Waals surface area contributed by atoms with E-state index < -0.39 is 0 Å². The minimum atomic E-state index is 0.234. The molecule has 2 atom stereocenters. The molecule has 0 bridgehead atoms. The zero-order valence-electron chi connectivity index (χ0n) is 9.95. The van der Waals surface area contributed by atoms with E-state index in [2.05, 4.69) is 24.4 Å². The second kappa shape index (κ2) is 6.10. The predicted molar refractivity (Wildman–Crippen MR) is 73.8 cm³/mol. The van der Waals surface area contributed by atoms with E-state index >= 15 is 0 Å². The molecule has 1 unspecified atom stereocenters. The second-order valence-electron chi connectivity index (χ2n) is 4.45. The summed E-state index contributed by atoms with van der Waals surface area (Å²) in [4.78, 5) is 1.33. The molecule has 2 rings (SSSR count). The molecule has 0 saturated heterocycles. The lowest BCUT2D eigenvalue weighted by molar-refractivity contribution is 0.262. The van der Waals surface area contributed by atoms with Gasteiger partial charge < -0.3 is 10.4 Å². The molecule has 0 amide bonds. The standard InChI is InChI=1S/C13H18ClNOS/c1-9(4-6-16)15-12-5-7-17-13-3-2-10(14)8-11(12)13/h2-3,8-9,12,15-16H,4-7H2,1H3/t9-,12?/m1/s1. The quantitative estimate of drug-likeness (QED) is 0.882. The summed E-state index contributed by atoms with van der Waals surface area (Å²) in [7, 11) is 0. The van der Waals surface area contributed by atoms with Crippen LogP contribution in [0.3, 0.4) is 0 Å². The Morgan fingerprint density at radius 1 is 1.59 bits per heavy atom. The molecule has 2 N–H and O–H groups in total. The third-order valence-electron chi connectivity index (χ3n) is 3.06. The van der Waals surface area contributed by atoms with Gasteiger partial charge in [-0.2, -0.15) is 0 Å². The highest BCUT2D eigenvalue weighted by Crippen LogP contribution is 2.37. The van der Waals surface area contributed by atoms with Crippen LogP contribution in [0.5, 0.6) is 0 Å². The van der Waals surface area contributed by atoms with E-state index in [0.717, 1.165) is 23.6 Å². The number of aliphatic hydroxyl groups excluding tert-OH is 1. The SMILES string of the molecule is C[C@H](CCO)NC1CCSc2ccc(Cl)cc21. The second-order valence-corrected chi connectivity index (χ2v) is 6.03. The topological polar surface area (TPSA) is 32.3 Å². The summed E-state index contributed by atoms with van der Waals surface area (Å²) in [6.45, 7) is 2.35. The van der Waals surface area contributed by atoms with Crippen LogP contribution in [0.4, 0.5) is 0 Å². The van der Waals surface area contributed by atoms with E-state index in [4.69, 9.17) is 16.7 Å². The molecule has 1 aromatic rings. The maximum atomic E-state index is 8.94. The summed E-state index contributed by atoms with van der Waals surface area (Å²) in [5.74, 6) is 1.14. The summed E-state index contributed by atoms with van der Waals surface area (Å²) < 4.78 is 0. The number of thioether (sulfide) groups is 1. The number of rotatable bonds is 4. The fourth-order valence-electron chi connectivity index (χ4n) is 2.16. The van der Waals surface area contributed by atoms with Gasteiger partial charge in [0.25, 0.3) is 0 Å². The van der Waals surface area contributed by atoms with E-state index in [-0.39, 0.29) is 6.61 Å². The van der Waals surface area contributed by atoms with Crippen LogP contribution in [0.2, 0.25) is 5.02 Å². The van der Waals surface area contributed by atoms with Gasteiger partial charge in [-0.3, -0.25) is 0 Å². The van der Waals surface area contributed by atoms with Gasteiger partial charge in [0, 0.05) is 28.6 Å². The molecule has 1 heterocycles. The van der Waals surface area contributed by atoms with Crippen LogP contribution in [0.15, 0.2) is 23.1 Å². The van der Waals surface area contributed by atoms with Crippen molar-refractivity contribution in [1.82, 2.24) is 5.32 Å². The third kappa shape index (κ3) is 3.38. The van der Waals surface area contributed by atoms with Crippen molar-refractivity contribution in [3.05, 3.63) is 28.8 Å². The Morgan fingerprint density at radius 3 is 3.18 bits per heavy atom. The van der Waals surface area contributed by atoms with Crippen molar-refractivity contribution < 1.29 is 5.11 Å². The van der Waals surface area contributed by atoms with Crippen molar-refractivity contribution in [3.63, 3.8) is 0 Å². The molecular weight excluding hydrogens is 254 g/mol. The third-order valence-corrected chi connectivity index (χ3v) is 4.42. The van der Waals surface area contributed by atoms with Crippen LogP contribution >= 0.6 is 23.4 Å². The molecule has 0 aromatic heterocycles. The van der Waals surface area contributed by atoms with Crippen molar-refractivity contribution in [3.8, 4) is 0 Å². The van der Waals surface area contributed by atoms with E-state index in [1.165, 1.54) is 10.5 Å². The zero-order valence-corrected chi connectivity index (χ0v) is 11.5. The lowest BCUT2D eigenvalue weighted by Crippen LogP contribution is -2.33. The van der Waals surface area contributed by atoms with Crippen LogP contribution < -0.4 is 5.32 Å². The molecule has 4 heteroatoms. The number of hydrogen-bond acceptors (Lipinski definition) is 3. The molecule has 94 valence electrons. The number of aliphatic hydroxyl groups is 1. The van der Waals surface area contributed by atoms with Crippen molar-refractivity contribution in [1.29, 1.82) is 0 Å². The number of halogens is 1. The van der Waals surface area contributed by atoms with Gasteiger partial charge in [-0.25, -0.2) is 0 Å². The Morgan fingerprint density at radius 2 is 2.41 bits per heavy atom. The molecule has 0 spiro atoms. The average Bonchev–Trinajstić information content (AvgIpc) is 2.30. The maximum absolute atomic E-state index is 8.94. The normalized spacial score (nSPS) is 21.0. The van der Waals surface area contributed by atoms with Gasteiger partial charge in [-0.05, 0) is 49.3 Å². The van der Waals surface area contributed by atoms with E-state index in [0.29, 0.717) is 12.1 Å². The smallest absolute Gasteiger partial charge is 0.0445 e. The molecule has 1 aromatic carbocycles. The van der Waals surface area contributed by atoms with Crippen LogP contribution in [0.1, 0.15) is 31.4 Å². The molecule has 17 heavy (non-hydrogen) atoms. The van der Waals surface area contributed by atoms with Crippen LogP contribution in [0, 0.1) is 0 Å². The highest BCUT2D eigenvalue weighted by atomic mass is 35.5. The van der Waals surface area contributed by atoms with Crippen molar-refractivity contribution >= 4 is 23.4 Å². The molecule has 1 aliphatic heterocycles. The van der Waals surface area contributed by atoms with E-state index in [1.54, 1.807) is 0 Å². The average molecular weight is 272 g/mol. The Hall–Kier alpha value is -0.220. The van der Waals surface area contributed by atoms with Gasteiger partial charge in [0.05, 0.1) is 0 Å². The number of benzene rings is 1. The fourth-order valence-corrected chi connectivity index (χ4v) is 3.44. The Kier molecular flexibility index (Phi) is 4.74. The van der Waals surface area contributed by atoms with Gasteiger partial charge in [0.1, 0.15) is 0 Å². The van der Waals surface area contributed by atoms with Gasteiger partial charge in [-0.15, -0.1) is 11.8 Å². The fraction of sp³-hybridized carbons (Fsp3) is 0.538. The Labute approximate surface area is 112 Å². The molecule has 0 saturated carbocycles. The Bertz CT molecular complexity index is 386. The van der Waals surface area contributed by atoms with Crippen molar-refractivity contribution in [2.24, 2.45) is 0 Å². The minimum absolute atomic E-state index is 0.234. The highest BCUT2D eigenvalue weighted by molar-refractivity contribution is 7.99. The first-order valence-electron chi connectivity index (χ1n) is 6.00. The monoisotopic (exact) mass is 271 g/mol. The number of nitrogens with one attached hydrogen (secondary N) is 1. The van der Waals surface area contributed by atoms with Crippen LogP contribution in [-0.4, -0.2) is 23.5 Å². The molecule has 0 aliphatic carbocycles. The lowest BCUT2D eigenvalue weighted by Gasteiger charge is -2.29. The summed E-state index contributed by atoms with van der Waals surface area (Å²) in [5, 5.41) is 13.3. The highest BCUT2D eigenvalue weighted by Gasteiger charge is 2.21. The summed E-state index contributed by atoms with van der Waals surface area (Å²) in [6, 6.07) is 6.82. The predicted octanol–water partition coefficient (Wildman–Crippen LogP) is 3.24. The Balaban J connectivity index is 2.13. The van der Waals surface area contributed by atoms with Crippen molar-refractivity contribution in [2.75, 3.05) is 12.4 Å². The van der Waals surface area contributed by atoms with Gasteiger partial charge in [0.2, 0.25) is 0 Å².